The van der Waals surface area contributed by atoms with Crippen LogP contribution in [0.1, 0.15) is 12.5 Å². The van der Waals surface area contributed by atoms with Gasteiger partial charge in [-0.05, 0) is 37.6 Å². The molecule has 1 aromatic carbocycles. The Bertz CT molecular complexity index is 389. The van der Waals surface area contributed by atoms with E-state index in [4.69, 9.17) is 11.6 Å². The van der Waals surface area contributed by atoms with Crippen molar-refractivity contribution in [2.45, 2.75) is 19.2 Å². The number of amides is 1. The lowest BCUT2D eigenvalue weighted by Gasteiger charge is -2.15. The number of hydrogen-bond donors (Lipinski definition) is 1. The molecule has 0 saturated carbocycles. The summed E-state index contributed by atoms with van der Waals surface area (Å²) in [4.78, 5) is 13.4. The zero-order valence-electron chi connectivity index (χ0n) is 10.0. The minimum atomic E-state index is -0.520. The maximum Gasteiger partial charge on any atom is 0.242 e. The molecular weight excluding hydrogens is 224 g/mol. The molecule has 0 aliphatic heterocycles. The van der Waals surface area contributed by atoms with Gasteiger partial charge in [0, 0.05) is 25.5 Å². The van der Waals surface area contributed by atoms with Gasteiger partial charge in [0.05, 0.1) is 0 Å². The summed E-state index contributed by atoms with van der Waals surface area (Å²) >= 11 is 5.69. The molecule has 1 N–H and O–H groups in total. The van der Waals surface area contributed by atoms with Gasteiger partial charge in [-0.15, -0.1) is 11.6 Å². The molecule has 1 atom stereocenters. The number of rotatable bonds is 3. The van der Waals surface area contributed by atoms with Gasteiger partial charge < -0.3 is 10.2 Å². The smallest absolute Gasteiger partial charge is 0.242 e. The predicted octanol–water partition coefficient (Wildman–Crippen LogP) is 2.63. The van der Waals surface area contributed by atoms with E-state index in [-0.39, 0.29) is 5.91 Å². The maximum atomic E-state index is 11.4. The number of nitrogens with one attached hydrogen (secondary N) is 1. The third kappa shape index (κ3) is 3.14. The molecule has 0 saturated heterocycles. The highest BCUT2D eigenvalue weighted by molar-refractivity contribution is 6.32. The predicted molar refractivity (Wildman–Crippen MR) is 69.5 cm³/mol. The van der Waals surface area contributed by atoms with Crippen LogP contribution in [0.2, 0.25) is 0 Å². The van der Waals surface area contributed by atoms with Gasteiger partial charge in [0.15, 0.2) is 0 Å². The van der Waals surface area contributed by atoms with E-state index in [9.17, 15) is 4.79 Å². The fraction of sp³-hybridized carbons (Fsp3) is 0.417. The average Bonchev–Trinajstić information content (AvgIpc) is 2.20. The lowest BCUT2D eigenvalue weighted by atomic mass is 10.1. The van der Waals surface area contributed by atoms with Crippen molar-refractivity contribution < 1.29 is 4.79 Å². The molecule has 1 unspecified atom stereocenters. The summed E-state index contributed by atoms with van der Waals surface area (Å²) in [5.41, 5.74) is 2.94. The lowest BCUT2D eigenvalue weighted by molar-refractivity contribution is -0.115. The van der Waals surface area contributed by atoms with Gasteiger partial charge in [-0.3, -0.25) is 4.79 Å². The number of nitrogens with zero attached hydrogens (tertiary/aromatic N) is 1. The monoisotopic (exact) mass is 240 g/mol. The van der Waals surface area contributed by atoms with Crippen molar-refractivity contribution in [2.75, 3.05) is 24.3 Å². The summed E-state index contributed by atoms with van der Waals surface area (Å²) in [6, 6.07) is 5.87. The van der Waals surface area contributed by atoms with Gasteiger partial charge >= 0.3 is 0 Å². The molecule has 0 heterocycles. The number of anilines is 2. The van der Waals surface area contributed by atoms with Crippen molar-refractivity contribution in [3.63, 3.8) is 0 Å². The molecule has 0 spiro atoms. The number of carbonyl (C=O) groups excluding carboxylic acids is 1. The highest BCUT2D eigenvalue weighted by Crippen LogP contribution is 2.21. The fourth-order valence-corrected chi connectivity index (χ4v) is 1.35. The molecule has 1 amide bonds. The molecule has 16 heavy (non-hydrogen) atoms. The Kier molecular flexibility index (Phi) is 4.19. The van der Waals surface area contributed by atoms with E-state index in [0.717, 1.165) is 16.9 Å². The molecule has 0 aliphatic rings. The van der Waals surface area contributed by atoms with E-state index >= 15 is 0 Å². The quantitative estimate of drug-likeness (QED) is 0.824. The molecular formula is C12H17ClN2O. The van der Waals surface area contributed by atoms with Gasteiger partial charge in [0.2, 0.25) is 5.91 Å². The molecule has 1 rings (SSSR count). The van der Waals surface area contributed by atoms with Crippen molar-refractivity contribution in [3.8, 4) is 0 Å². The van der Waals surface area contributed by atoms with Gasteiger partial charge in [-0.1, -0.05) is 0 Å². The van der Waals surface area contributed by atoms with Crippen LogP contribution in [0.25, 0.3) is 0 Å². The van der Waals surface area contributed by atoms with Crippen LogP contribution in [0.3, 0.4) is 0 Å². The first-order valence-corrected chi connectivity index (χ1v) is 5.58. The summed E-state index contributed by atoms with van der Waals surface area (Å²) < 4.78 is 0. The topological polar surface area (TPSA) is 32.3 Å². The summed E-state index contributed by atoms with van der Waals surface area (Å²) in [6.45, 7) is 3.61. The van der Waals surface area contributed by atoms with E-state index in [1.54, 1.807) is 6.92 Å². The van der Waals surface area contributed by atoms with Crippen LogP contribution >= 0.6 is 11.6 Å². The third-order valence-electron chi connectivity index (χ3n) is 2.35. The van der Waals surface area contributed by atoms with Crippen LogP contribution < -0.4 is 10.2 Å². The molecule has 0 bridgehead atoms. The lowest BCUT2D eigenvalue weighted by Crippen LogP contribution is -2.21. The summed E-state index contributed by atoms with van der Waals surface area (Å²) in [7, 11) is 3.96. The Morgan fingerprint density at radius 1 is 1.44 bits per heavy atom. The largest absolute Gasteiger partial charge is 0.378 e. The van der Waals surface area contributed by atoms with Crippen LogP contribution in [-0.2, 0) is 4.79 Å². The van der Waals surface area contributed by atoms with Gasteiger partial charge in [-0.25, -0.2) is 0 Å². The van der Waals surface area contributed by atoms with Crippen molar-refractivity contribution in [2.24, 2.45) is 0 Å². The van der Waals surface area contributed by atoms with E-state index in [1.165, 1.54) is 0 Å². The van der Waals surface area contributed by atoms with E-state index in [1.807, 2.05) is 44.1 Å². The number of carbonyl (C=O) groups is 1. The molecule has 0 radical (unpaired) electrons. The van der Waals surface area contributed by atoms with Crippen LogP contribution in [-0.4, -0.2) is 25.4 Å². The Hall–Kier alpha value is -1.22. The summed E-state index contributed by atoms with van der Waals surface area (Å²) in [6.07, 6.45) is 0. The first-order valence-electron chi connectivity index (χ1n) is 5.14. The Labute approximate surface area is 101 Å². The molecule has 3 nitrogen and oxygen atoms in total. The van der Waals surface area contributed by atoms with Crippen molar-refractivity contribution in [1.29, 1.82) is 0 Å². The highest BCUT2D eigenvalue weighted by atomic mass is 35.5. The standard InChI is InChI=1S/C12H17ClN2O/c1-8-7-10(15(3)4)5-6-11(8)14-12(16)9(2)13/h5-7,9H,1-4H3,(H,14,16). The first-order chi connectivity index (χ1) is 7.41. The third-order valence-corrected chi connectivity index (χ3v) is 2.54. The summed E-state index contributed by atoms with van der Waals surface area (Å²) in [5, 5.41) is 2.27. The fourth-order valence-electron chi connectivity index (χ4n) is 1.30. The number of aryl methyl sites for hydroxylation is 1. The van der Waals surface area contributed by atoms with Crippen LogP contribution in [0.15, 0.2) is 18.2 Å². The van der Waals surface area contributed by atoms with Gasteiger partial charge in [0.1, 0.15) is 5.38 Å². The van der Waals surface area contributed by atoms with E-state index < -0.39 is 5.38 Å². The SMILES string of the molecule is Cc1cc(N(C)C)ccc1NC(=O)C(C)Cl. The molecule has 0 aliphatic carbocycles. The van der Waals surface area contributed by atoms with E-state index in [0.29, 0.717) is 0 Å². The average molecular weight is 241 g/mol. The van der Waals surface area contributed by atoms with Crippen molar-refractivity contribution in [1.82, 2.24) is 0 Å². The van der Waals surface area contributed by atoms with Gasteiger partial charge in [-0.2, -0.15) is 0 Å². The van der Waals surface area contributed by atoms with Crippen LogP contribution in [0.4, 0.5) is 11.4 Å². The zero-order chi connectivity index (χ0) is 12.3. The number of halogens is 1. The molecule has 0 fully saturated rings. The first kappa shape index (κ1) is 12.8. The van der Waals surface area contributed by atoms with Crippen LogP contribution in [0, 0.1) is 6.92 Å². The minimum absolute atomic E-state index is 0.178. The molecule has 1 aromatic rings. The number of alkyl halides is 1. The highest BCUT2D eigenvalue weighted by Gasteiger charge is 2.10. The van der Waals surface area contributed by atoms with Crippen molar-refractivity contribution in [3.05, 3.63) is 23.8 Å². The Morgan fingerprint density at radius 2 is 2.06 bits per heavy atom. The molecule has 0 aromatic heterocycles. The second kappa shape index (κ2) is 5.21. The van der Waals surface area contributed by atoms with E-state index in [2.05, 4.69) is 5.32 Å². The normalized spacial score (nSPS) is 12.1. The molecule has 88 valence electrons. The Balaban J connectivity index is 2.87. The molecule has 4 heteroatoms. The maximum absolute atomic E-state index is 11.4. The summed E-state index contributed by atoms with van der Waals surface area (Å²) in [5.74, 6) is -0.178. The number of hydrogen-bond acceptors (Lipinski definition) is 2. The Morgan fingerprint density at radius 3 is 2.50 bits per heavy atom. The number of benzene rings is 1. The second-order valence-corrected chi connectivity index (χ2v) is 4.65. The van der Waals surface area contributed by atoms with Gasteiger partial charge in [0.25, 0.3) is 0 Å². The van der Waals surface area contributed by atoms with Crippen molar-refractivity contribution >= 4 is 28.9 Å². The minimum Gasteiger partial charge on any atom is -0.378 e. The zero-order valence-corrected chi connectivity index (χ0v) is 10.8. The van der Waals surface area contributed by atoms with Crippen LogP contribution in [0.5, 0.6) is 0 Å². The second-order valence-electron chi connectivity index (χ2n) is 4.00.